The fourth-order valence-electron chi connectivity index (χ4n) is 0.535. The van der Waals surface area contributed by atoms with Gasteiger partial charge in [-0.1, -0.05) is 0 Å². The Hall–Kier alpha value is -1.56. The molecule has 6 nitrogen and oxygen atoms in total. The van der Waals surface area contributed by atoms with Crippen LogP contribution in [0.2, 0.25) is 0 Å². The van der Waals surface area contributed by atoms with E-state index in [0.717, 1.165) is 5.12 Å². The third-order valence-corrected chi connectivity index (χ3v) is 0.941. The molecule has 1 heterocycles. The van der Waals surface area contributed by atoms with Crippen molar-refractivity contribution in [1.82, 2.24) is 10.5 Å². The van der Waals surface area contributed by atoms with Crippen LogP contribution in [-0.4, -0.2) is 10.0 Å². The first-order valence-electron chi connectivity index (χ1n) is 2.53. The van der Waals surface area contributed by atoms with Crippen LogP contribution >= 0.6 is 0 Å². The zero-order chi connectivity index (χ0) is 7.56. The number of rotatable bonds is 1. The maximum atomic E-state index is 10.1. The third-order valence-electron chi connectivity index (χ3n) is 0.941. The first-order valence-corrected chi connectivity index (χ1v) is 2.53. The van der Waals surface area contributed by atoms with Crippen molar-refractivity contribution in [1.29, 1.82) is 0 Å². The van der Waals surface area contributed by atoms with Gasteiger partial charge in [-0.25, -0.2) is 5.84 Å². The van der Waals surface area contributed by atoms with Gasteiger partial charge in [0.05, 0.1) is 6.20 Å². The molecule has 0 bridgehead atoms. The number of nitrogens with zero attached hydrogens (tertiary/aromatic N) is 2. The summed E-state index contributed by atoms with van der Waals surface area (Å²) in [6.45, 7) is 0. The van der Waals surface area contributed by atoms with Crippen molar-refractivity contribution >= 4 is 0 Å². The largest absolute Gasteiger partial charge is 0.358 e. The summed E-state index contributed by atoms with van der Waals surface area (Å²) in [5, 5.41) is 11.1. The van der Waals surface area contributed by atoms with Crippen LogP contribution in [0.25, 0.3) is 0 Å². The van der Waals surface area contributed by atoms with Gasteiger partial charge in [-0.15, -0.1) is 0 Å². The van der Waals surface area contributed by atoms with Crippen molar-refractivity contribution in [3.05, 3.63) is 34.3 Å². The summed E-state index contributed by atoms with van der Waals surface area (Å²) in [6.07, 6.45) is 4.27. The van der Waals surface area contributed by atoms with Gasteiger partial charge in [0.1, 0.15) is 0 Å². The molecule has 0 aliphatic carbocycles. The van der Waals surface area contributed by atoms with Crippen LogP contribution in [0.5, 0.6) is 0 Å². The number of hydrogen-bond donors (Lipinski definition) is 2. The lowest BCUT2D eigenvalue weighted by atomic mass is 10.5. The quantitative estimate of drug-likeness (QED) is 0.287. The molecule has 0 atom stereocenters. The minimum Gasteiger partial charge on any atom is -0.358 e. The molecule has 6 heteroatoms. The second-order valence-corrected chi connectivity index (χ2v) is 1.67. The highest BCUT2D eigenvalue weighted by atomic mass is 16.6. The Morgan fingerprint density at radius 3 is 2.90 bits per heavy atom. The van der Waals surface area contributed by atoms with Gasteiger partial charge < -0.3 is 10.1 Å². The van der Waals surface area contributed by atoms with E-state index >= 15 is 0 Å². The van der Waals surface area contributed by atoms with Crippen molar-refractivity contribution in [3.63, 3.8) is 0 Å². The molecular formula is C4H6N4O2. The molecule has 54 valence electrons. The van der Waals surface area contributed by atoms with Crippen LogP contribution in [0.4, 0.5) is 0 Å². The van der Waals surface area contributed by atoms with E-state index in [1.807, 2.05) is 0 Å². The fraction of sp³-hybridized carbons (Fsp3) is 0. The smallest absolute Gasteiger partial charge is 0.340 e. The van der Waals surface area contributed by atoms with Gasteiger partial charge in [0.15, 0.2) is 0 Å². The summed E-state index contributed by atoms with van der Waals surface area (Å²) >= 11 is 0. The number of allylic oxidation sites excluding steroid dienone is 2. The predicted molar refractivity (Wildman–Crippen MR) is 33.4 cm³/mol. The zero-order valence-electron chi connectivity index (χ0n) is 5.02. The molecule has 0 aromatic carbocycles. The number of nitrogens with one attached hydrogen (secondary N) is 1. The average Bonchev–Trinajstić information content (AvgIpc) is 1.88. The Morgan fingerprint density at radius 2 is 2.50 bits per heavy atom. The lowest BCUT2D eigenvalue weighted by Crippen LogP contribution is -2.41. The highest BCUT2D eigenvalue weighted by molar-refractivity contribution is 5.08. The van der Waals surface area contributed by atoms with E-state index in [9.17, 15) is 10.1 Å². The average molecular weight is 142 g/mol. The lowest BCUT2D eigenvalue weighted by Gasteiger charge is -2.12. The standard InChI is InChI=1S/C4H6N4O2/c5-7-3-1-2-4(6-7)8(9)10/h1-3,6H,5H2. The second kappa shape index (κ2) is 2.36. The molecular weight excluding hydrogens is 136 g/mol. The maximum Gasteiger partial charge on any atom is 0.340 e. The molecule has 1 aliphatic heterocycles. The first-order chi connectivity index (χ1) is 4.70. The Kier molecular flexibility index (Phi) is 1.55. The minimum atomic E-state index is -0.552. The van der Waals surface area contributed by atoms with Crippen LogP contribution in [-0.2, 0) is 0 Å². The Morgan fingerprint density at radius 1 is 1.80 bits per heavy atom. The molecule has 1 aliphatic rings. The molecule has 0 fully saturated rings. The van der Waals surface area contributed by atoms with Crippen LogP contribution in [0.15, 0.2) is 24.2 Å². The van der Waals surface area contributed by atoms with Crippen LogP contribution in [0.1, 0.15) is 0 Å². The van der Waals surface area contributed by atoms with E-state index in [1.54, 1.807) is 0 Å². The summed E-state index contributed by atoms with van der Waals surface area (Å²) in [6, 6.07) is 0. The predicted octanol–water partition coefficient (Wildman–Crippen LogP) is -0.688. The summed E-state index contributed by atoms with van der Waals surface area (Å²) in [7, 11) is 0. The monoisotopic (exact) mass is 142 g/mol. The normalized spacial score (nSPS) is 16.1. The van der Waals surface area contributed by atoms with Gasteiger partial charge in [-0.2, -0.15) is 10.5 Å². The summed E-state index contributed by atoms with van der Waals surface area (Å²) in [5.74, 6) is 5.02. The van der Waals surface area contributed by atoms with Crippen LogP contribution in [0.3, 0.4) is 0 Å². The zero-order valence-corrected chi connectivity index (χ0v) is 5.02. The second-order valence-electron chi connectivity index (χ2n) is 1.67. The Bertz CT molecular complexity index is 209. The summed E-state index contributed by atoms with van der Waals surface area (Å²) in [4.78, 5) is 9.51. The van der Waals surface area contributed by atoms with Crippen molar-refractivity contribution in [2.75, 3.05) is 0 Å². The number of nitro groups is 1. The molecule has 0 unspecified atom stereocenters. The van der Waals surface area contributed by atoms with Crippen molar-refractivity contribution in [2.45, 2.75) is 0 Å². The van der Waals surface area contributed by atoms with Gasteiger partial charge in [0.2, 0.25) is 0 Å². The molecule has 0 amide bonds. The molecule has 10 heavy (non-hydrogen) atoms. The number of hydrogen-bond acceptors (Lipinski definition) is 5. The molecule has 0 aromatic heterocycles. The molecule has 0 radical (unpaired) electrons. The lowest BCUT2D eigenvalue weighted by molar-refractivity contribution is -0.436. The number of nitrogens with two attached hydrogens (primary N) is 1. The fourth-order valence-corrected chi connectivity index (χ4v) is 0.535. The minimum absolute atomic E-state index is 0.134. The van der Waals surface area contributed by atoms with E-state index in [0.29, 0.717) is 0 Å². The van der Waals surface area contributed by atoms with E-state index in [-0.39, 0.29) is 5.82 Å². The maximum absolute atomic E-state index is 10.1. The molecule has 0 spiro atoms. The molecule has 1 rings (SSSR count). The van der Waals surface area contributed by atoms with Crippen LogP contribution < -0.4 is 11.3 Å². The van der Waals surface area contributed by atoms with Crippen molar-refractivity contribution < 1.29 is 4.92 Å². The van der Waals surface area contributed by atoms with Crippen molar-refractivity contribution in [3.8, 4) is 0 Å². The molecule has 0 saturated heterocycles. The van der Waals surface area contributed by atoms with Gasteiger partial charge >= 0.3 is 5.82 Å². The molecule has 3 N–H and O–H groups in total. The van der Waals surface area contributed by atoms with E-state index in [1.165, 1.54) is 18.4 Å². The SMILES string of the molecule is NN1C=CC=C([N+](=O)[O-])N1. The summed E-state index contributed by atoms with van der Waals surface area (Å²) in [5.41, 5.74) is 2.30. The molecule has 0 saturated carbocycles. The van der Waals surface area contributed by atoms with Crippen LogP contribution in [0, 0.1) is 10.1 Å². The Balaban J connectivity index is 2.71. The van der Waals surface area contributed by atoms with E-state index in [2.05, 4.69) is 5.43 Å². The van der Waals surface area contributed by atoms with E-state index < -0.39 is 4.92 Å². The van der Waals surface area contributed by atoms with E-state index in [4.69, 9.17) is 5.84 Å². The first kappa shape index (κ1) is 6.56. The number of hydrazine groups is 2. The summed E-state index contributed by atoms with van der Waals surface area (Å²) < 4.78 is 0. The highest BCUT2D eigenvalue weighted by Crippen LogP contribution is 1.96. The van der Waals surface area contributed by atoms with Crippen molar-refractivity contribution in [2.24, 2.45) is 5.84 Å². The third kappa shape index (κ3) is 1.23. The Labute approximate surface area is 56.7 Å². The highest BCUT2D eigenvalue weighted by Gasteiger charge is 2.11. The van der Waals surface area contributed by atoms with Gasteiger partial charge in [0.25, 0.3) is 0 Å². The van der Waals surface area contributed by atoms with Gasteiger partial charge in [0, 0.05) is 6.08 Å². The molecule has 0 aromatic rings. The topological polar surface area (TPSA) is 84.4 Å². The van der Waals surface area contributed by atoms with Gasteiger partial charge in [-0.3, -0.25) is 0 Å². The van der Waals surface area contributed by atoms with Gasteiger partial charge in [-0.05, 0) is 11.0 Å².